The van der Waals surface area contributed by atoms with Crippen LogP contribution in [0, 0.1) is 0 Å². The number of aromatic nitrogens is 1. The lowest BCUT2D eigenvalue weighted by Gasteiger charge is -2.16. The fraction of sp³-hybridized carbons (Fsp3) is 0.500. The molecule has 0 radical (unpaired) electrons. The molecule has 0 saturated heterocycles. The van der Waals surface area contributed by atoms with Crippen LogP contribution in [0.5, 0.6) is 0 Å². The molecule has 0 aliphatic heterocycles. The molecule has 1 aromatic carbocycles. The van der Waals surface area contributed by atoms with Gasteiger partial charge in [0.05, 0.1) is 9.90 Å². The summed E-state index contributed by atoms with van der Waals surface area (Å²) in [6, 6.07) is 7.17. The third kappa shape index (κ3) is 4.88. The SMILES string of the molecule is CC(NCc1cnc(C(C)(C)C)s1)c1ccc(S(=O)(=O)N(C)C)cc1. The van der Waals surface area contributed by atoms with Gasteiger partial charge in [0.25, 0.3) is 0 Å². The van der Waals surface area contributed by atoms with Crippen LogP contribution in [-0.4, -0.2) is 31.8 Å². The molecule has 0 fully saturated rings. The Hall–Kier alpha value is -1.28. The van der Waals surface area contributed by atoms with Crippen LogP contribution >= 0.6 is 11.3 Å². The van der Waals surface area contributed by atoms with Crippen LogP contribution in [0.15, 0.2) is 35.4 Å². The molecule has 0 saturated carbocycles. The van der Waals surface area contributed by atoms with Crippen molar-refractivity contribution in [3.63, 3.8) is 0 Å². The fourth-order valence-electron chi connectivity index (χ4n) is 2.25. The minimum atomic E-state index is -3.38. The monoisotopic (exact) mass is 381 g/mol. The van der Waals surface area contributed by atoms with E-state index in [1.807, 2.05) is 18.3 Å². The molecule has 5 nitrogen and oxygen atoms in total. The van der Waals surface area contributed by atoms with Crippen molar-refractivity contribution in [1.82, 2.24) is 14.6 Å². The van der Waals surface area contributed by atoms with Gasteiger partial charge in [0.15, 0.2) is 0 Å². The molecule has 0 amide bonds. The van der Waals surface area contributed by atoms with E-state index >= 15 is 0 Å². The van der Waals surface area contributed by atoms with Gasteiger partial charge in [-0.2, -0.15) is 0 Å². The molecule has 0 aliphatic rings. The minimum Gasteiger partial charge on any atom is -0.305 e. The Kier molecular flexibility index (Phi) is 6.04. The van der Waals surface area contributed by atoms with E-state index in [9.17, 15) is 8.42 Å². The number of nitrogens with one attached hydrogen (secondary N) is 1. The number of hydrogen-bond donors (Lipinski definition) is 1. The van der Waals surface area contributed by atoms with Crippen LogP contribution < -0.4 is 5.32 Å². The van der Waals surface area contributed by atoms with E-state index in [-0.39, 0.29) is 11.5 Å². The van der Waals surface area contributed by atoms with Crippen molar-refractivity contribution in [3.8, 4) is 0 Å². The van der Waals surface area contributed by atoms with Gasteiger partial charge in [-0.1, -0.05) is 32.9 Å². The number of nitrogens with zero attached hydrogens (tertiary/aromatic N) is 2. The smallest absolute Gasteiger partial charge is 0.242 e. The molecule has 1 aromatic heterocycles. The molecule has 1 N–H and O–H groups in total. The maximum absolute atomic E-state index is 12.1. The number of rotatable bonds is 6. The standard InChI is InChI=1S/C18H27N3O2S2/c1-13(19-11-15-12-20-17(24-15)18(2,3)4)14-7-9-16(10-8-14)25(22,23)21(5)6/h7-10,12-13,19H,11H2,1-6H3. The van der Waals surface area contributed by atoms with Crippen LogP contribution in [-0.2, 0) is 22.0 Å². The van der Waals surface area contributed by atoms with Crippen molar-refractivity contribution >= 4 is 21.4 Å². The minimum absolute atomic E-state index is 0.0717. The summed E-state index contributed by atoms with van der Waals surface area (Å²) in [6.45, 7) is 9.30. The summed E-state index contributed by atoms with van der Waals surface area (Å²) in [6.07, 6.45) is 1.93. The first kappa shape index (κ1) is 20.0. The van der Waals surface area contributed by atoms with Gasteiger partial charge in [-0.15, -0.1) is 11.3 Å². The largest absolute Gasteiger partial charge is 0.305 e. The quantitative estimate of drug-likeness (QED) is 0.831. The first-order chi connectivity index (χ1) is 11.5. The Morgan fingerprint density at radius 2 is 1.80 bits per heavy atom. The second-order valence-electron chi connectivity index (χ2n) is 7.34. The third-order valence-electron chi connectivity index (χ3n) is 3.94. The number of benzene rings is 1. The lowest BCUT2D eigenvalue weighted by Crippen LogP contribution is -2.22. The van der Waals surface area contributed by atoms with Crippen molar-refractivity contribution in [2.24, 2.45) is 0 Å². The highest BCUT2D eigenvalue weighted by Crippen LogP contribution is 2.27. The number of sulfonamides is 1. The van der Waals surface area contributed by atoms with E-state index in [1.165, 1.54) is 23.3 Å². The van der Waals surface area contributed by atoms with Gasteiger partial charge in [-0.3, -0.25) is 0 Å². The highest BCUT2D eigenvalue weighted by atomic mass is 32.2. The average molecular weight is 382 g/mol. The molecular formula is C18H27N3O2S2. The second-order valence-corrected chi connectivity index (χ2v) is 10.6. The normalized spacial score (nSPS) is 14.0. The van der Waals surface area contributed by atoms with Crippen LogP contribution in [0.3, 0.4) is 0 Å². The molecule has 0 aliphatic carbocycles. The molecule has 2 rings (SSSR count). The van der Waals surface area contributed by atoms with Gasteiger partial charge >= 0.3 is 0 Å². The van der Waals surface area contributed by atoms with Crippen molar-refractivity contribution < 1.29 is 8.42 Å². The second kappa shape index (κ2) is 7.53. The van der Waals surface area contributed by atoms with Crippen molar-refractivity contribution in [2.45, 2.75) is 50.6 Å². The Morgan fingerprint density at radius 3 is 2.28 bits per heavy atom. The van der Waals surface area contributed by atoms with E-state index in [4.69, 9.17) is 0 Å². The molecule has 1 unspecified atom stereocenters. The van der Waals surface area contributed by atoms with Crippen LogP contribution in [0.25, 0.3) is 0 Å². The Labute approximate surface area is 155 Å². The van der Waals surface area contributed by atoms with Gasteiger partial charge < -0.3 is 5.32 Å². The van der Waals surface area contributed by atoms with Crippen LogP contribution in [0.1, 0.15) is 49.2 Å². The molecule has 0 bridgehead atoms. The summed E-state index contributed by atoms with van der Waals surface area (Å²) in [4.78, 5) is 6.01. The maximum atomic E-state index is 12.1. The van der Waals surface area contributed by atoms with Gasteiger partial charge in [-0.25, -0.2) is 17.7 Å². The summed E-state index contributed by atoms with van der Waals surface area (Å²) >= 11 is 1.73. The molecule has 1 heterocycles. The first-order valence-corrected chi connectivity index (χ1v) is 10.5. The third-order valence-corrected chi connectivity index (χ3v) is 7.19. The topological polar surface area (TPSA) is 62.3 Å². The van der Waals surface area contributed by atoms with Crippen molar-refractivity contribution in [2.75, 3.05) is 14.1 Å². The summed E-state index contributed by atoms with van der Waals surface area (Å²) in [5.41, 5.74) is 1.13. The molecule has 2 aromatic rings. The van der Waals surface area contributed by atoms with Gasteiger partial charge in [0.2, 0.25) is 10.0 Å². The Bertz CT molecular complexity index is 804. The van der Waals surface area contributed by atoms with Crippen LogP contribution in [0.4, 0.5) is 0 Å². The first-order valence-electron chi connectivity index (χ1n) is 8.23. The van der Waals surface area contributed by atoms with Gasteiger partial charge in [0, 0.05) is 43.2 Å². The van der Waals surface area contributed by atoms with Crippen molar-refractivity contribution in [1.29, 1.82) is 0 Å². The highest BCUT2D eigenvalue weighted by molar-refractivity contribution is 7.89. The van der Waals surface area contributed by atoms with Crippen molar-refractivity contribution in [3.05, 3.63) is 45.9 Å². The Balaban J connectivity index is 2.02. The summed E-state index contributed by atoms with van der Waals surface area (Å²) in [5.74, 6) is 0. The Morgan fingerprint density at radius 1 is 1.20 bits per heavy atom. The zero-order chi connectivity index (χ0) is 18.8. The molecule has 138 valence electrons. The number of thiazole rings is 1. The summed E-state index contributed by atoms with van der Waals surface area (Å²) < 4.78 is 25.4. The average Bonchev–Trinajstić information content (AvgIpc) is 3.01. The molecule has 0 spiro atoms. The van der Waals surface area contributed by atoms with E-state index in [1.54, 1.807) is 23.5 Å². The zero-order valence-electron chi connectivity index (χ0n) is 15.7. The van der Waals surface area contributed by atoms with Gasteiger partial charge in [0.1, 0.15) is 0 Å². The van der Waals surface area contributed by atoms with E-state index in [2.05, 4.69) is 38.0 Å². The number of hydrogen-bond acceptors (Lipinski definition) is 5. The zero-order valence-corrected chi connectivity index (χ0v) is 17.3. The predicted molar refractivity (Wildman–Crippen MR) is 103 cm³/mol. The molecule has 25 heavy (non-hydrogen) atoms. The molecule has 1 atom stereocenters. The molecule has 7 heteroatoms. The lowest BCUT2D eigenvalue weighted by molar-refractivity contribution is 0.520. The fourth-order valence-corrected chi connectivity index (χ4v) is 4.07. The van der Waals surface area contributed by atoms with Gasteiger partial charge in [-0.05, 0) is 24.6 Å². The predicted octanol–water partition coefficient (Wildman–Crippen LogP) is 3.54. The highest BCUT2D eigenvalue weighted by Gasteiger charge is 2.19. The lowest BCUT2D eigenvalue weighted by atomic mass is 9.98. The summed E-state index contributed by atoms with van der Waals surface area (Å²) in [7, 11) is -0.307. The summed E-state index contributed by atoms with van der Waals surface area (Å²) in [5, 5.41) is 4.61. The maximum Gasteiger partial charge on any atom is 0.242 e. The molecular weight excluding hydrogens is 354 g/mol. The van der Waals surface area contributed by atoms with E-state index in [0.29, 0.717) is 4.90 Å². The van der Waals surface area contributed by atoms with E-state index < -0.39 is 10.0 Å². The van der Waals surface area contributed by atoms with Crippen LogP contribution in [0.2, 0.25) is 0 Å². The van der Waals surface area contributed by atoms with E-state index in [0.717, 1.165) is 17.1 Å².